The number of aliphatic hydroxyl groups is 1. The lowest BCUT2D eigenvalue weighted by Crippen LogP contribution is -2.48. The second-order valence-electron chi connectivity index (χ2n) is 4.43. The highest BCUT2D eigenvalue weighted by atomic mass is 16.5. The lowest BCUT2D eigenvalue weighted by Gasteiger charge is -2.37. The maximum atomic E-state index is 9.37. The second-order valence-corrected chi connectivity index (χ2v) is 4.43. The van der Waals surface area contributed by atoms with Crippen molar-refractivity contribution in [3.8, 4) is 0 Å². The fourth-order valence-electron chi connectivity index (χ4n) is 2.29. The van der Waals surface area contributed by atoms with Gasteiger partial charge >= 0.3 is 0 Å². The van der Waals surface area contributed by atoms with Crippen molar-refractivity contribution < 1.29 is 9.84 Å². The molecular formula is C13H20N2O2. The fraction of sp³-hybridized carbons (Fsp3) is 0.538. The first kappa shape index (κ1) is 12.4. The Morgan fingerprint density at radius 2 is 2.35 bits per heavy atom. The van der Waals surface area contributed by atoms with Crippen molar-refractivity contribution in [2.45, 2.75) is 19.5 Å². The largest absolute Gasteiger partial charge is 0.394 e. The molecule has 0 saturated carbocycles. The Morgan fingerprint density at radius 3 is 3.00 bits per heavy atom. The maximum absolute atomic E-state index is 9.37. The molecule has 1 aliphatic rings. The molecule has 1 aromatic rings. The highest BCUT2D eigenvalue weighted by Gasteiger charge is 2.23. The molecule has 1 saturated heterocycles. The van der Waals surface area contributed by atoms with E-state index in [1.165, 1.54) is 11.3 Å². The third-order valence-electron chi connectivity index (χ3n) is 3.24. The molecule has 0 bridgehead atoms. The molecule has 4 nitrogen and oxygen atoms in total. The zero-order chi connectivity index (χ0) is 12.3. The van der Waals surface area contributed by atoms with Crippen molar-refractivity contribution >= 4 is 5.69 Å². The Kier molecular flexibility index (Phi) is 3.99. The van der Waals surface area contributed by atoms with Gasteiger partial charge in [0.1, 0.15) is 0 Å². The number of hydrogen-bond acceptors (Lipinski definition) is 4. The summed E-state index contributed by atoms with van der Waals surface area (Å²) >= 11 is 0. The number of nitrogens with two attached hydrogens (primary N) is 1. The Morgan fingerprint density at radius 1 is 1.53 bits per heavy atom. The molecule has 1 fully saturated rings. The lowest BCUT2D eigenvalue weighted by atomic mass is 10.1. The molecule has 0 spiro atoms. The minimum absolute atomic E-state index is 0.0613. The number of rotatable bonds is 3. The van der Waals surface area contributed by atoms with E-state index in [2.05, 4.69) is 24.0 Å². The van der Waals surface area contributed by atoms with Gasteiger partial charge < -0.3 is 20.5 Å². The molecule has 1 heterocycles. The fourth-order valence-corrected chi connectivity index (χ4v) is 2.29. The zero-order valence-corrected chi connectivity index (χ0v) is 10.2. The summed E-state index contributed by atoms with van der Waals surface area (Å²) in [5.41, 5.74) is 9.14. The van der Waals surface area contributed by atoms with Crippen LogP contribution >= 0.6 is 0 Å². The number of hydrogen-bond donors (Lipinski definition) is 2. The average Bonchev–Trinajstić information content (AvgIpc) is 2.38. The van der Waals surface area contributed by atoms with Crippen molar-refractivity contribution in [1.29, 1.82) is 0 Å². The number of aryl methyl sites for hydroxylation is 1. The highest BCUT2D eigenvalue weighted by molar-refractivity contribution is 5.55. The molecular weight excluding hydrogens is 216 g/mol. The first-order valence-electron chi connectivity index (χ1n) is 6.01. The molecule has 94 valence electrons. The summed E-state index contributed by atoms with van der Waals surface area (Å²) < 4.78 is 5.39. The van der Waals surface area contributed by atoms with Gasteiger partial charge in [0.2, 0.25) is 0 Å². The van der Waals surface area contributed by atoms with E-state index >= 15 is 0 Å². The van der Waals surface area contributed by atoms with Gasteiger partial charge in [-0.15, -0.1) is 0 Å². The third-order valence-corrected chi connectivity index (χ3v) is 3.24. The smallest absolute Gasteiger partial charge is 0.0755 e. The normalized spacial score (nSPS) is 20.6. The van der Waals surface area contributed by atoms with Crippen LogP contribution in [-0.4, -0.2) is 37.5 Å². The van der Waals surface area contributed by atoms with Gasteiger partial charge in [-0.2, -0.15) is 0 Å². The quantitative estimate of drug-likeness (QED) is 0.809. The first-order valence-corrected chi connectivity index (χ1v) is 6.01. The van der Waals surface area contributed by atoms with Gasteiger partial charge in [-0.3, -0.25) is 0 Å². The number of ether oxygens (including phenoxy) is 1. The van der Waals surface area contributed by atoms with Crippen LogP contribution in [0.5, 0.6) is 0 Å². The van der Waals surface area contributed by atoms with E-state index in [0.717, 1.165) is 12.1 Å². The summed E-state index contributed by atoms with van der Waals surface area (Å²) in [6.07, 6.45) is 0. The monoisotopic (exact) mass is 236 g/mol. The minimum atomic E-state index is 0.0613. The van der Waals surface area contributed by atoms with Crippen LogP contribution in [0, 0.1) is 6.92 Å². The van der Waals surface area contributed by atoms with E-state index in [0.29, 0.717) is 19.8 Å². The molecule has 17 heavy (non-hydrogen) atoms. The summed E-state index contributed by atoms with van der Waals surface area (Å²) in [6.45, 7) is 4.90. The van der Waals surface area contributed by atoms with Crippen LogP contribution in [0.15, 0.2) is 18.2 Å². The van der Waals surface area contributed by atoms with Crippen LogP contribution in [0.4, 0.5) is 5.69 Å². The number of nitrogens with zero attached hydrogens (tertiary/aromatic N) is 1. The number of benzene rings is 1. The van der Waals surface area contributed by atoms with Crippen molar-refractivity contribution in [2.75, 3.05) is 31.3 Å². The maximum Gasteiger partial charge on any atom is 0.0755 e. The van der Waals surface area contributed by atoms with E-state index in [1.54, 1.807) is 0 Å². The number of morpholine rings is 1. The molecule has 1 atom stereocenters. The Balaban J connectivity index is 2.25. The van der Waals surface area contributed by atoms with Crippen LogP contribution in [0.1, 0.15) is 11.1 Å². The van der Waals surface area contributed by atoms with E-state index < -0.39 is 0 Å². The minimum Gasteiger partial charge on any atom is -0.394 e. The Labute approximate surface area is 102 Å². The van der Waals surface area contributed by atoms with E-state index in [4.69, 9.17) is 10.5 Å². The summed E-state index contributed by atoms with van der Waals surface area (Å²) in [6, 6.07) is 6.31. The molecule has 3 N–H and O–H groups in total. The second kappa shape index (κ2) is 5.49. The predicted molar refractivity (Wildman–Crippen MR) is 68.1 cm³/mol. The van der Waals surface area contributed by atoms with Crippen molar-refractivity contribution in [3.05, 3.63) is 29.3 Å². The topological polar surface area (TPSA) is 58.7 Å². The molecule has 1 aliphatic heterocycles. The van der Waals surface area contributed by atoms with Gasteiger partial charge in [0, 0.05) is 18.8 Å². The van der Waals surface area contributed by atoms with Crippen molar-refractivity contribution in [2.24, 2.45) is 5.73 Å². The molecule has 1 unspecified atom stereocenters. The van der Waals surface area contributed by atoms with Crippen LogP contribution in [0.3, 0.4) is 0 Å². The predicted octanol–water partition coefficient (Wildman–Crippen LogP) is 0.651. The lowest BCUT2D eigenvalue weighted by molar-refractivity contribution is 0.0726. The van der Waals surface area contributed by atoms with Gasteiger partial charge in [0.15, 0.2) is 0 Å². The molecule has 0 aliphatic carbocycles. The van der Waals surface area contributed by atoms with Gasteiger partial charge in [-0.1, -0.05) is 12.1 Å². The first-order chi connectivity index (χ1) is 8.26. The Hall–Kier alpha value is -1.10. The van der Waals surface area contributed by atoms with E-state index in [-0.39, 0.29) is 12.6 Å². The third kappa shape index (κ3) is 2.60. The zero-order valence-electron chi connectivity index (χ0n) is 10.2. The molecule has 2 rings (SSSR count). The van der Waals surface area contributed by atoms with E-state index in [9.17, 15) is 5.11 Å². The van der Waals surface area contributed by atoms with Crippen LogP contribution in [0.25, 0.3) is 0 Å². The molecule has 0 amide bonds. The number of aliphatic hydroxyl groups excluding tert-OH is 1. The van der Waals surface area contributed by atoms with Gasteiger partial charge in [0.05, 0.1) is 25.9 Å². The molecule has 4 heteroatoms. The van der Waals surface area contributed by atoms with Crippen LogP contribution in [-0.2, 0) is 11.3 Å². The van der Waals surface area contributed by atoms with Gasteiger partial charge in [-0.25, -0.2) is 0 Å². The van der Waals surface area contributed by atoms with Crippen LogP contribution < -0.4 is 10.6 Å². The standard InChI is InChI=1S/C13H20N2O2/c1-10-6-11(7-14)2-3-13(10)15-4-5-17-9-12(15)8-16/h2-3,6,12,16H,4-5,7-9,14H2,1H3. The summed E-state index contributed by atoms with van der Waals surface area (Å²) in [4.78, 5) is 2.22. The van der Waals surface area contributed by atoms with Crippen molar-refractivity contribution in [3.63, 3.8) is 0 Å². The van der Waals surface area contributed by atoms with Crippen LogP contribution in [0.2, 0.25) is 0 Å². The van der Waals surface area contributed by atoms with E-state index in [1.807, 2.05) is 6.07 Å². The molecule has 0 aromatic heterocycles. The SMILES string of the molecule is Cc1cc(CN)ccc1N1CCOCC1CO. The van der Waals surface area contributed by atoms with Gasteiger partial charge in [-0.05, 0) is 24.1 Å². The summed E-state index contributed by atoms with van der Waals surface area (Å²) in [7, 11) is 0. The summed E-state index contributed by atoms with van der Waals surface area (Å²) in [5.74, 6) is 0. The molecule has 1 aromatic carbocycles. The highest BCUT2D eigenvalue weighted by Crippen LogP contribution is 2.24. The number of anilines is 1. The van der Waals surface area contributed by atoms with Gasteiger partial charge in [0.25, 0.3) is 0 Å². The Bertz CT molecular complexity index is 382. The van der Waals surface area contributed by atoms with Crippen molar-refractivity contribution in [1.82, 2.24) is 0 Å². The average molecular weight is 236 g/mol. The molecule has 0 radical (unpaired) electrons. The summed E-state index contributed by atoms with van der Waals surface area (Å²) in [5, 5.41) is 9.37.